The highest BCUT2D eigenvalue weighted by atomic mass is 35.5. The van der Waals surface area contributed by atoms with E-state index in [9.17, 15) is 9.18 Å². The van der Waals surface area contributed by atoms with E-state index >= 15 is 0 Å². The minimum Gasteiger partial charge on any atom is -0.373 e. The summed E-state index contributed by atoms with van der Waals surface area (Å²) in [5, 5.41) is 7.57. The van der Waals surface area contributed by atoms with Crippen LogP contribution in [0.2, 0.25) is 5.02 Å². The highest BCUT2D eigenvalue weighted by Crippen LogP contribution is 2.31. The van der Waals surface area contributed by atoms with E-state index in [-0.39, 0.29) is 23.2 Å². The van der Waals surface area contributed by atoms with Crippen LogP contribution in [0, 0.1) is 5.82 Å². The molecule has 7 nitrogen and oxygen atoms in total. The van der Waals surface area contributed by atoms with Crippen molar-refractivity contribution < 1.29 is 13.9 Å². The fraction of sp³-hybridized carbons (Fsp3) is 0.350. The molecule has 2 aliphatic rings. The lowest BCUT2D eigenvalue weighted by Gasteiger charge is -2.25. The molecule has 1 amide bonds. The van der Waals surface area contributed by atoms with E-state index in [0.29, 0.717) is 18.1 Å². The topological polar surface area (TPSA) is 74.0 Å². The number of ether oxygens (including phenoxy) is 1. The molecule has 0 radical (unpaired) electrons. The molecule has 1 atom stereocenters. The second-order valence-electron chi connectivity index (χ2n) is 7.25. The highest BCUT2D eigenvalue weighted by Gasteiger charge is 2.30. The second-order valence-corrected chi connectivity index (χ2v) is 7.66. The molecule has 0 saturated heterocycles. The summed E-state index contributed by atoms with van der Waals surface area (Å²) in [6.07, 6.45) is 6.50. The third-order valence-corrected chi connectivity index (χ3v) is 5.77. The average Bonchev–Trinajstić information content (AvgIpc) is 3.33. The van der Waals surface area contributed by atoms with Crippen LogP contribution in [0.5, 0.6) is 0 Å². The molecular formula is C20H19ClFN5O2. The van der Waals surface area contributed by atoms with Gasteiger partial charge in [-0.1, -0.05) is 17.7 Å². The molecule has 1 unspecified atom stereocenters. The number of amides is 1. The molecule has 9 heteroatoms. The molecule has 150 valence electrons. The van der Waals surface area contributed by atoms with Crippen molar-refractivity contribution >= 4 is 17.5 Å². The van der Waals surface area contributed by atoms with Gasteiger partial charge in [-0.3, -0.25) is 4.79 Å². The van der Waals surface area contributed by atoms with Crippen molar-refractivity contribution in [3.05, 3.63) is 64.2 Å². The van der Waals surface area contributed by atoms with Crippen LogP contribution >= 0.6 is 11.6 Å². The third-order valence-electron chi connectivity index (χ3n) is 5.46. The summed E-state index contributed by atoms with van der Waals surface area (Å²) < 4.78 is 23.5. The normalized spacial score (nSPS) is 18.2. The number of para-hydroxylation sites is 1. The number of fused-ring (bicyclic) bond motifs is 2. The second kappa shape index (κ2) is 7.27. The maximum absolute atomic E-state index is 14.4. The number of carbonyl (C=O) groups is 1. The van der Waals surface area contributed by atoms with E-state index in [1.165, 1.54) is 10.7 Å². The van der Waals surface area contributed by atoms with Gasteiger partial charge in [-0.05, 0) is 31.4 Å². The van der Waals surface area contributed by atoms with Gasteiger partial charge in [-0.15, -0.1) is 0 Å². The van der Waals surface area contributed by atoms with E-state index in [1.807, 2.05) is 4.57 Å². The van der Waals surface area contributed by atoms with Crippen LogP contribution in [0.3, 0.4) is 0 Å². The van der Waals surface area contributed by atoms with Gasteiger partial charge in [0, 0.05) is 24.0 Å². The van der Waals surface area contributed by atoms with Crippen LogP contribution < -0.4 is 5.32 Å². The quantitative estimate of drug-likeness (QED) is 0.713. The predicted octanol–water partition coefficient (Wildman–Crippen LogP) is 3.20. The van der Waals surface area contributed by atoms with Crippen LogP contribution in [0.1, 0.15) is 46.5 Å². The van der Waals surface area contributed by atoms with Gasteiger partial charge in [-0.2, -0.15) is 5.10 Å². The van der Waals surface area contributed by atoms with Gasteiger partial charge < -0.3 is 14.6 Å². The SMILES string of the molecule is O=C(NC1COCc2c1cnn2-c1c(F)cccc1Cl)c1ncc2n1CCCC2. The standard InChI is InChI=1S/C20H19ClFN5O2/c21-14-5-3-6-15(22)18(14)27-17-11-29-10-16(13(17)9-24-27)25-20(28)19-23-8-12-4-1-2-7-26(12)19/h3,5-6,8-9,16H,1-2,4,7,10-11H2,(H,25,28). The van der Waals surface area contributed by atoms with Crippen LogP contribution in [0.15, 0.2) is 30.6 Å². The van der Waals surface area contributed by atoms with Crippen molar-refractivity contribution in [3.8, 4) is 5.69 Å². The molecule has 2 aromatic heterocycles. The number of hydrogen-bond donors (Lipinski definition) is 1. The van der Waals surface area contributed by atoms with Gasteiger partial charge in [-0.25, -0.2) is 14.1 Å². The summed E-state index contributed by atoms with van der Waals surface area (Å²) >= 11 is 6.20. The lowest BCUT2D eigenvalue weighted by molar-refractivity contribution is 0.0678. The average molecular weight is 416 g/mol. The largest absolute Gasteiger partial charge is 0.373 e. The van der Waals surface area contributed by atoms with Gasteiger partial charge in [0.2, 0.25) is 0 Å². The molecule has 0 aliphatic carbocycles. The number of aromatic nitrogens is 4. The molecule has 0 fully saturated rings. The van der Waals surface area contributed by atoms with Crippen molar-refractivity contribution in [1.29, 1.82) is 0 Å². The number of hydrogen-bond acceptors (Lipinski definition) is 4. The first-order valence-electron chi connectivity index (χ1n) is 9.57. The molecular weight excluding hydrogens is 397 g/mol. The van der Waals surface area contributed by atoms with E-state index < -0.39 is 11.9 Å². The number of nitrogens with zero attached hydrogens (tertiary/aromatic N) is 4. The van der Waals surface area contributed by atoms with Gasteiger partial charge in [0.25, 0.3) is 5.91 Å². The van der Waals surface area contributed by atoms with Gasteiger partial charge >= 0.3 is 0 Å². The Kier molecular flexibility index (Phi) is 4.60. The van der Waals surface area contributed by atoms with E-state index in [0.717, 1.165) is 37.1 Å². The molecule has 29 heavy (non-hydrogen) atoms. The number of nitrogens with one attached hydrogen (secondary N) is 1. The Morgan fingerprint density at radius 3 is 3.07 bits per heavy atom. The number of benzene rings is 1. The van der Waals surface area contributed by atoms with Crippen LogP contribution in [0.4, 0.5) is 4.39 Å². The zero-order chi connectivity index (χ0) is 20.0. The van der Waals surface area contributed by atoms with Gasteiger partial charge in [0.1, 0.15) is 11.5 Å². The summed E-state index contributed by atoms with van der Waals surface area (Å²) in [7, 11) is 0. The zero-order valence-corrected chi connectivity index (χ0v) is 16.3. The van der Waals surface area contributed by atoms with Crippen molar-refractivity contribution in [2.75, 3.05) is 6.61 Å². The summed E-state index contributed by atoms with van der Waals surface area (Å²) in [6, 6.07) is 4.09. The lowest BCUT2D eigenvalue weighted by atomic mass is 10.1. The van der Waals surface area contributed by atoms with Crippen molar-refractivity contribution in [3.63, 3.8) is 0 Å². The molecule has 4 heterocycles. The monoisotopic (exact) mass is 415 g/mol. The Morgan fingerprint density at radius 1 is 1.31 bits per heavy atom. The van der Waals surface area contributed by atoms with E-state index in [1.54, 1.807) is 24.5 Å². The van der Waals surface area contributed by atoms with Gasteiger partial charge in [0.05, 0.1) is 36.2 Å². The van der Waals surface area contributed by atoms with Crippen LogP contribution in [0.25, 0.3) is 5.69 Å². The first-order valence-corrected chi connectivity index (χ1v) is 9.95. The third kappa shape index (κ3) is 3.12. The molecule has 0 saturated carbocycles. The fourth-order valence-electron chi connectivity index (χ4n) is 4.03. The number of imidazole rings is 1. The Hall–Kier alpha value is -2.71. The number of aryl methyl sites for hydroxylation is 1. The van der Waals surface area contributed by atoms with Crippen LogP contribution in [-0.2, 0) is 24.3 Å². The summed E-state index contributed by atoms with van der Waals surface area (Å²) in [4.78, 5) is 17.2. The number of carbonyl (C=O) groups excluding carboxylic acids is 1. The Labute approximate surface area is 171 Å². The molecule has 2 aliphatic heterocycles. The maximum atomic E-state index is 14.4. The smallest absolute Gasteiger partial charge is 0.287 e. The first-order chi connectivity index (χ1) is 14.1. The van der Waals surface area contributed by atoms with E-state index in [2.05, 4.69) is 15.4 Å². The van der Waals surface area contributed by atoms with Crippen LogP contribution in [-0.4, -0.2) is 31.8 Å². The molecule has 1 aromatic carbocycles. The molecule has 0 spiro atoms. The first kappa shape index (κ1) is 18.3. The molecule has 0 bridgehead atoms. The molecule has 5 rings (SSSR count). The fourth-order valence-corrected chi connectivity index (χ4v) is 4.27. The van der Waals surface area contributed by atoms with Crippen molar-refractivity contribution in [1.82, 2.24) is 24.6 Å². The minimum atomic E-state index is -0.474. The highest BCUT2D eigenvalue weighted by molar-refractivity contribution is 6.32. The predicted molar refractivity (Wildman–Crippen MR) is 104 cm³/mol. The number of rotatable bonds is 3. The van der Waals surface area contributed by atoms with Crippen molar-refractivity contribution in [2.45, 2.75) is 38.5 Å². The minimum absolute atomic E-state index is 0.174. The Morgan fingerprint density at radius 2 is 2.21 bits per heavy atom. The number of halogens is 2. The van der Waals surface area contributed by atoms with Gasteiger partial charge in [0.15, 0.2) is 5.82 Å². The molecule has 1 N–H and O–H groups in total. The maximum Gasteiger partial charge on any atom is 0.287 e. The summed E-state index contributed by atoms with van der Waals surface area (Å²) in [5.41, 5.74) is 2.71. The summed E-state index contributed by atoms with van der Waals surface area (Å²) in [5.74, 6) is -0.314. The Balaban J connectivity index is 1.44. The summed E-state index contributed by atoms with van der Waals surface area (Å²) in [6.45, 7) is 1.36. The Bertz CT molecular complexity index is 1070. The zero-order valence-electron chi connectivity index (χ0n) is 15.6. The molecule has 3 aromatic rings. The van der Waals surface area contributed by atoms with Crippen molar-refractivity contribution in [2.24, 2.45) is 0 Å². The lowest BCUT2D eigenvalue weighted by Crippen LogP contribution is -2.36. The van der Waals surface area contributed by atoms with E-state index in [4.69, 9.17) is 16.3 Å².